The normalized spacial score (nSPS) is 11.6. The van der Waals surface area contributed by atoms with Crippen LogP contribution < -0.4 is 21.5 Å². The van der Waals surface area contributed by atoms with E-state index in [9.17, 15) is 14.4 Å². The molecule has 3 rings (SSSR count). The number of carbonyl (C=O) groups is 2. The van der Waals surface area contributed by atoms with Gasteiger partial charge in [-0.05, 0) is 57.0 Å². The molecule has 1 aromatic heterocycles. The molecule has 0 spiro atoms. The summed E-state index contributed by atoms with van der Waals surface area (Å²) >= 11 is 6.26. The van der Waals surface area contributed by atoms with Crippen LogP contribution in [0.2, 0.25) is 5.02 Å². The van der Waals surface area contributed by atoms with Crippen molar-refractivity contribution in [3.63, 3.8) is 0 Å². The van der Waals surface area contributed by atoms with E-state index in [2.05, 4.69) is 41.7 Å². The van der Waals surface area contributed by atoms with Crippen molar-refractivity contribution in [2.75, 3.05) is 5.32 Å². The third-order valence-corrected chi connectivity index (χ3v) is 4.70. The minimum atomic E-state index is -1.25. The average molecular weight is 502 g/mol. The number of halogens is 1. The number of amides is 3. The van der Waals surface area contributed by atoms with Gasteiger partial charge in [-0.1, -0.05) is 44.5 Å². The Balaban J connectivity index is 0.00000100. The smallest absolute Gasteiger partial charge is 0.405 e. The molecule has 0 saturated heterocycles. The van der Waals surface area contributed by atoms with Crippen LogP contribution >= 0.6 is 11.6 Å². The minimum Gasteiger partial charge on any atom is -0.465 e. The zero-order valence-corrected chi connectivity index (χ0v) is 21.5. The molecule has 3 aromatic rings. The fraction of sp³-hybridized carbons (Fsp3) is 0.360. The van der Waals surface area contributed by atoms with Gasteiger partial charge < -0.3 is 21.1 Å². The van der Waals surface area contributed by atoms with Crippen molar-refractivity contribution >= 4 is 40.3 Å². The van der Waals surface area contributed by atoms with Gasteiger partial charge >= 0.3 is 12.1 Å². The standard InChI is InChI=1S/C21H22ClN5O4.C4H10/c1-11(2)23-20(29)25-13-6-4-7-14(10-13)27-18(12(3)24-21(30)31)26-16-9-5-8-15(22)17(16)19(27)28;1-4(2)3/h4-12,24H,1-3H3,(H,30,31)(H2,23,25,29);4H,1-3H3. The Morgan fingerprint density at radius 1 is 1.00 bits per heavy atom. The molecule has 9 nitrogen and oxygen atoms in total. The third kappa shape index (κ3) is 7.71. The maximum absolute atomic E-state index is 13.4. The summed E-state index contributed by atoms with van der Waals surface area (Å²) in [4.78, 5) is 41.2. The topological polar surface area (TPSA) is 125 Å². The first-order valence-electron chi connectivity index (χ1n) is 11.3. The van der Waals surface area contributed by atoms with E-state index in [1.807, 2.05) is 13.8 Å². The molecule has 0 aliphatic rings. The Morgan fingerprint density at radius 2 is 1.63 bits per heavy atom. The van der Waals surface area contributed by atoms with Gasteiger partial charge in [-0.2, -0.15) is 0 Å². The van der Waals surface area contributed by atoms with Crippen molar-refractivity contribution in [3.8, 4) is 5.69 Å². The van der Waals surface area contributed by atoms with Crippen molar-refractivity contribution in [2.24, 2.45) is 5.92 Å². The second-order valence-corrected chi connectivity index (χ2v) is 9.36. The van der Waals surface area contributed by atoms with Crippen molar-refractivity contribution in [1.82, 2.24) is 20.2 Å². The van der Waals surface area contributed by atoms with E-state index in [0.29, 0.717) is 16.9 Å². The van der Waals surface area contributed by atoms with Crippen LogP contribution in [-0.4, -0.2) is 32.8 Å². The molecular weight excluding hydrogens is 470 g/mol. The van der Waals surface area contributed by atoms with Gasteiger partial charge in [0.25, 0.3) is 5.56 Å². The van der Waals surface area contributed by atoms with E-state index in [4.69, 9.17) is 16.7 Å². The summed E-state index contributed by atoms with van der Waals surface area (Å²) < 4.78 is 1.29. The van der Waals surface area contributed by atoms with Gasteiger partial charge in [0.05, 0.1) is 27.7 Å². The predicted octanol–water partition coefficient (Wildman–Crippen LogP) is 5.56. The Morgan fingerprint density at radius 3 is 2.23 bits per heavy atom. The summed E-state index contributed by atoms with van der Waals surface area (Å²) in [5.41, 5.74) is 0.754. The van der Waals surface area contributed by atoms with Crippen LogP contribution in [0.5, 0.6) is 0 Å². The molecule has 1 unspecified atom stereocenters. The molecule has 0 radical (unpaired) electrons. The molecule has 0 bridgehead atoms. The number of rotatable bonds is 5. The summed E-state index contributed by atoms with van der Waals surface area (Å²) in [5.74, 6) is 1.02. The van der Waals surface area contributed by atoms with E-state index in [0.717, 1.165) is 5.92 Å². The molecule has 0 aliphatic heterocycles. The maximum Gasteiger partial charge on any atom is 0.405 e. The molecule has 1 heterocycles. The van der Waals surface area contributed by atoms with Crippen LogP contribution in [-0.2, 0) is 0 Å². The molecule has 188 valence electrons. The third-order valence-electron chi connectivity index (χ3n) is 4.38. The van der Waals surface area contributed by atoms with Crippen LogP contribution in [0.1, 0.15) is 53.4 Å². The molecule has 35 heavy (non-hydrogen) atoms. The number of hydrogen-bond donors (Lipinski definition) is 4. The number of benzene rings is 2. The lowest BCUT2D eigenvalue weighted by Gasteiger charge is -2.19. The largest absolute Gasteiger partial charge is 0.465 e. The number of anilines is 1. The summed E-state index contributed by atoms with van der Waals surface area (Å²) in [5, 5.41) is 17.4. The maximum atomic E-state index is 13.4. The van der Waals surface area contributed by atoms with Crippen molar-refractivity contribution in [3.05, 3.63) is 63.7 Å². The highest BCUT2D eigenvalue weighted by Gasteiger charge is 2.20. The highest BCUT2D eigenvalue weighted by molar-refractivity contribution is 6.35. The minimum absolute atomic E-state index is 0.0489. The molecule has 3 amide bonds. The molecule has 1 atom stereocenters. The van der Waals surface area contributed by atoms with Gasteiger partial charge in [0.2, 0.25) is 0 Å². The molecule has 0 saturated carbocycles. The van der Waals surface area contributed by atoms with Gasteiger partial charge in [0.1, 0.15) is 5.82 Å². The first-order valence-corrected chi connectivity index (χ1v) is 11.7. The zero-order valence-electron chi connectivity index (χ0n) is 20.7. The van der Waals surface area contributed by atoms with Crippen LogP contribution in [0.25, 0.3) is 16.6 Å². The lowest BCUT2D eigenvalue weighted by molar-refractivity contribution is 0.190. The van der Waals surface area contributed by atoms with E-state index in [1.165, 1.54) is 4.57 Å². The van der Waals surface area contributed by atoms with E-state index in [-0.39, 0.29) is 28.3 Å². The van der Waals surface area contributed by atoms with E-state index >= 15 is 0 Å². The SMILES string of the molecule is CC(C)C.CC(C)NC(=O)Nc1cccc(-n2c(C(C)NC(=O)O)nc3cccc(Cl)c3c2=O)c1. The summed E-state index contributed by atoms with van der Waals surface area (Å²) in [7, 11) is 0. The molecule has 10 heteroatoms. The number of urea groups is 1. The summed E-state index contributed by atoms with van der Waals surface area (Å²) in [6.45, 7) is 11.8. The Kier molecular flexibility index (Phi) is 9.65. The monoisotopic (exact) mass is 501 g/mol. The van der Waals surface area contributed by atoms with Gasteiger partial charge in [-0.15, -0.1) is 0 Å². The lowest BCUT2D eigenvalue weighted by atomic mass is 10.2. The van der Waals surface area contributed by atoms with Gasteiger partial charge in [0, 0.05) is 11.7 Å². The lowest BCUT2D eigenvalue weighted by Crippen LogP contribution is -2.34. The van der Waals surface area contributed by atoms with Gasteiger partial charge in [0.15, 0.2) is 0 Å². The van der Waals surface area contributed by atoms with Crippen molar-refractivity contribution in [1.29, 1.82) is 0 Å². The average Bonchev–Trinajstić information content (AvgIpc) is 2.72. The predicted molar refractivity (Wildman–Crippen MR) is 140 cm³/mol. The van der Waals surface area contributed by atoms with Gasteiger partial charge in [-0.3, -0.25) is 9.36 Å². The number of hydrogen-bond acceptors (Lipinski definition) is 4. The van der Waals surface area contributed by atoms with Crippen LogP contribution in [0.15, 0.2) is 47.3 Å². The second-order valence-electron chi connectivity index (χ2n) is 8.95. The quantitative estimate of drug-likeness (QED) is 0.364. The number of carbonyl (C=O) groups excluding carboxylic acids is 1. The summed E-state index contributed by atoms with van der Waals surface area (Å²) in [6, 6.07) is 10.3. The van der Waals surface area contributed by atoms with Crippen LogP contribution in [0.3, 0.4) is 0 Å². The Hall–Kier alpha value is -3.59. The number of nitrogens with one attached hydrogen (secondary N) is 3. The molecule has 0 aliphatic carbocycles. The molecule has 4 N–H and O–H groups in total. The number of fused-ring (bicyclic) bond motifs is 1. The fourth-order valence-corrected chi connectivity index (χ4v) is 3.40. The number of carboxylic acid groups (broad SMARTS) is 1. The van der Waals surface area contributed by atoms with E-state index in [1.54, 1.807) is 49.4 Å². The van der Waals surface area contributed by atoms with Crippen LogP contribution in [0, 0.1) is 5.92 Å². The highest BCUT2D eigenvalue weighted by atomic mass is 35.5. The zero-order chi connectivity index (χ0) is 26.3. The van der Waals surface area contributed by atoms with E-state index < -0.39 is 17.7 Å². The molecule has 0 fully saturated rings. The van der Waals surface area contributed by atoms with Crippen molar-refractivity contribution in [2.45, 2.75) is 53.6 Å². The first-order chi connectivity index (χ1) is 16.4. The summed E-state index contributed by atoms with van der Waals surface area (Å²) in [6.07, 6.45) is -1.25. The highest BCUT2D eigenvalue weighted by Crippen LogP contribution is 2.24. The Labute approximate surface area is 209 Å². The van der Waals surface area contributed by atoms with Crippen LogP contribution in [0.4, 0.5) is 15.3 Å². The number of nitrogens with zero attached hydrogens (tertiary/aromatic N) is 2. The molecular formula is C25H32ClN5O4. The van der Waals surface area contributed by atoms with Crippen molar-refractivity contribution < 1.29 is 14.7 Å². The number of aromatic nitrogens is 2. The Bertz CT molecular complexity index is 1250. The fourth-order valence-electron chi connectivity index (χ4n) is 3.15. The first kappa shape index (κ1) is 27.7. The second kappa shape index (κ2) is 12.2. The van der Waals surface area contributed by atoms with Gasteiger partial charge in [-0.25, -0.2) is 14.6 Å². The molecule has 2 aromatic carbocycles.